The van der Waals surface area contributed by atoms with Crippen LogP contribution in [0, 0.1) is 13.7 Å². The molecule has 2 aromatic heterocycles. The third-order valence-corrected chi connectivity index (χ3v) is 6.05. The second-order valence-electron chi connectivity index (χ2n) is 7.79. The zero-order valence-corrected chi connectivity index (χ0v) is 20.3. The van der Waals surface area contributed by atoms with Gasteiger partial charge < -0.3 is 14.6 Å². The minimum absolute atomic E-state index is 0.0141. The van der Waals surface area contributed by atoms with Gasteiger partial charge in [0.15, 0.2) is 11.2 Å². The maximum atomic E-state index is 12.3. The molecule has 1 aromatic carbocycles. The number of hydrogen-bond acceptors (Lipinski definition) is 9. The van der Waals surface area contributed by atoms with Crippen LogP contribution in [0.1, 0.15) is 38.2 Å². The molecular formula is C20H21IN6O7. The standard InChI is InChI=1S/C20H21IN6O7/c1-9(12-4-3-11(21)5-13(12)27(31)32)33-7-15-14(29)6-16(34-15)26-8-22-17-18(26)24-20(23-10(2)28)25-19(17)30/h3-5,8-9,14-16,29H,6-7H2,1-2H3,(H2,23,24,25,28,30)/t9?,14-,15+,16+/m0/s1. The number of rotatable bonds is 7. The first kappa shape index (κ1) is 24.2. The van der Waals surface area contributed by atoms with Gasteiger partial charge in [0.2, 0.25) is 11.9 Å². The van der Waals surface area contributed by atoms with Crippen molar-refractivity contribution in [3.63, 3.8) is 0 Å². The van der Waals surface area contributed by atoms with Crippen LogP contribution in [0.25, 0.3) is 11.2 Å². The van der Waals surface area contributed by atoms with Crippen LogP contribution in [0.2, 0.25) is 0 Å². The van der Waals surface area contributed by atoms with Gasteiger partial charge in [0.1, 0.15) is 12.3 Å². The summed E-state index contributed by atoms with van der Waals surface area (Å²) >= 11 is 2.00. The van der Waals surface area contributed by atoms with Gasteiger partial charge in [-0.2, -0.15) is 4.98 Å². The van der Waals surface area contributed by atoms with E-state index in [4.69, 9.17) is 9.47 Å². The highest BCUT2D eigenvalue weighted by Gasteiger charge is 2.37. The number of hydrogen-bond donors (Lipinski definition) is 3. The lowest BCUT2D eigenvalue weighted by Crippen LogP contribution is -2.27. The highest BCUT2D eigenvalue weighted by Crippen LogP contribution is 2.33. The molecule has 4 rings (SSSR count). The number of nitro benzene ring substituents is 1. The summed E-state index contributed by atoms with van der Waals surface area (Å²) < 4.78 is 14.0. The first-order chi connectivity index (χ1) is 16.1. The van der Waals surface area contributed by atoms with Gasteiger partial charge >= 0.3 is 0 Å². The number of benzene rings is 1. The van der Waals surface area contributed by atoms with E-state index < -0.39 is 40.9 Å². The second kappa shape index (κ2) is 9.73. The number of aliphatic hydroxyl groups excluding tert-OH is 1. The summed E-state index contributed by atoms with van der Waals surface area (Å²) in [5.41, 5.74) is 0.102. The number of imidazole rings is 1. The molecule has 14 heteroatoms. The summed E-state index contributed by atoms with van der Waals surface area (Å²) in [6.07, 6.45) is -1.34. The van der Waals surface area contributed by atoms with Crippen LogP contribution >= 0.6 is 22.6 Å². The Balaban J connectivity index is 1.49. The number of aromatic nitrogens is 4. The first-order valence-electron chi connectivity index (χ1n) is 10.3. The van der Waals surface area contributed by atoms with Gasteiger partial charge in [0.05, 0.1) is 35.6 Å². The number of nitrogens with one attached hydrogen (secondary N) is 2. The highest BCUT2D eigenvalue weighted by atomic mass is 127. The van der Waals surface area contributed by atoms with Gasteiger partial charge in [0.25, 0.3) is 11.2 Å². The molecule has 4 atom stereocenters. The van der Waals surface area contributed by atoms with Crippen molar-refractivity contribution < 1.29 is 24.3 Å². The number of H-pyrrole nitrogens is 1. The molecule has 3 aromatic rings. The zero-order chi connectivity index (χ0) is 24.6. The molecule has 180 valence electrons. The normalized spacial score (nSPS) is 21.0. The van der Waals surface area contributed by atoms with Crippen molar-refractivity contribution in [2.24, 2.45) is 0 Å². The average Bonchev–Trinajstić information content (AvgIpc) is 3.35. The molecule has 1 aliphatic rings. The van der Waals surface area contributed by atoms with Gasteiger partial charge in [-0.25, -0.2) is 4.98 Å². The highest BCUT2D eigenvalue weighted by molar-refractivity contribution is 14.1. The Morgan fingerprint density at radius 2 is 2.29 bits per heavy atom. The van der Waals surface area contributed by atoms with Crippen molar-refractivity contribution in [1.82, 2.24) is 19.5 Å². The van der Waals surface area contributed by atoms with E-state index in [1.165, 1.54) is 23.9 Å². The number of carbonyl (C=O) groups excluding carboxylic acids is 1. The van der Waals surface area contributed by atoms with E-state index in [1.807, 2.05) is 22.6 Å². The Kier molecular flexibility index (Phi) is 6.92. The molecule has 13 nitrogen and oxygen atoms in total. The minimum Gasteiger partial charge on any atom is -0.390 e. The van der Waals surface area contributed by atoms with Gasteiger partial charge in [-0.1, -0.05) is 0 Å². The van der Waals surface area contributed by atoms with Gasteiger partial charge in [-0.15, -0.1) is 0 Å². The van der Waals surface area contributed by atoms with Crippen LogP contribution in [0.5, 0.6) is 0 Å². The Bertz CT molecular complexity index is 1310. The van der Waals surface area contributed by atoms with Crippen molar-refractivity contribution >= 4 is 51.3 Å². The molecule has 0 saturated carbocycles. The predicted molar refractivity (Wildman–Crippen MR) is 127 cm³/mol. The van der Waals surface area contributed by atoms with E-state index in [2.05, 4.69) is 20.3 Å². The number of anilines is 1. The number of aliphatic hydroxyl groups is 1. The van der Waals surface area contributed by atoms with Crippen molar-refractivity contribution in [2.75, 3.05) is 11.9 Å². The van der Waals surface area contributed by atoms with Crippen molar-refractivity contribution in [3.05, 3.63) is 54.1 Å². The lowest BCUT2D eigenvalue weighted by Gasteiger charge is -2.19. The fourth-order valence-corrected chi connectivity index (χ4v) is 4.22. The number of ether oxygens (including phenoxy) is 2. The number of carbonyl (C=O) groups is 1. The van der Waals surface area contributed by atoms with Crippen molar-refractivity contribution in [1.29, 1.82) is 0 Å². The number of nitrogens with zero attached hydrogens (tertiary/aromatic N) is 4. The fraction of sp³-hybridized carbons (Fsp3) is 0.400. The van der Waals surface area contributed by atoms with Crippen molar-refractivity contribution in [3.8, 4) is 0 Å². The molecule has 0 bridgehead atoms. The van der Waals surface area contributed by atoms with Crippen LogP contribution in [0.15, 0.2) is 29.3 Å². The van der Waals surface area contributed by atoms with Crippen LogP contribution in [-0.2, 0) is 14.3 Å². The van der Waals surface area contributed by atoms with E-state index in [9.17, 15) is 24.8 Å². The number of nitro groups is 1. The van der Waals surface area contributed by atoms with Gasteiger partial charge in [-0.05, 0) is 41.6 Å². The lowest BCUT2D eigenvalue weighted by molar-refractivity contribution is -0.386. The Morgan fingerprint density at radius 1 is 1.53 bits per heavy atom. The quantitative estimate of drug-likeness (QED) is 0.213. The summed E-state index contributed by atoms with van der Waals surface area (Å²) in [4.78, 5) is 45.3. The summed E-state index contributed by atoms with van der Waals surface area (Å²) in [5, 5.41) is 24.3. The number of amides is 1. The molecule has 3 heterocycles. The van der Waals surface area contributed by atoms with E-state index in [1.54, 1.807) is 19.1 Å². The molecule has 0 aliphatic carbocycles. The topological polar surface area (TPSA) is 174 Å². The van der Waals surface area contributed by atoms with Crippen LogP contribution < -0.4 is 10.9 Å². The first-order valence-corrected chi connectivity index (χ1v) is 11.3. The predicted octanol–water partition coefficient (Wildman–Crippen LogP) is 2.02. The molecule has 1 fully saturated rings. The molecule has 3 N–H and O–H groups in total. The van der Waals surface area contributed by atoms with E-state index in [0.29, 0.717) is 5.56 Å². The Morgan fingerprint density at radius 3 is 3.00 bits per heavy atom. The molecule has 0 radical (unpaired) electrons. The molecule has 34 heavy (non-hydrogen) atoms. The van der Waals surface area contributed by atoms with Crippen molar-refractivity contribution in [2.45, 2.75) is 44.8 Å². The Labute approximate surface area is 205 Å². The summed E-state index contributed by atoms with van der Waals surface area (Å²) in [6.45, 7) is 2.96. The monoisotopic (exact) mass is 584 g/mol. The maximum absolute atomic E-state index is 12.3. The summed E-state index contributed by atoms with van der Waals surface area (Å²) in [5.74, 6) is -0.432. The minimum atomic E-state index is -0.891. The molecule has 1 amide bonds. The number of aromatic amines is 1. The largest absolute Gasteiger partial charge is 0.390 e. The fourth-order valence-electron chi connectivity index (χ4n) is 3.75. The number of fused-ring (bicyclic) bond motifs is 1. The van der Waals surface area contributed by atoms with E-state index >= 15 is 0 Å². The number of halogens is 1. The molecular weight excluding hydrogens is 563 g/mol. The molecule has 1 aliphatic heterocycles. The van der Waals surface area contributed by atoms with E-state index in [0.717, 1.165) is 3.57 Å². The zero-order valence-electron chi connectivity index (χ0n) is 18.1. The van der Waals surface area contributed by atoms with Gasteiger partial charge in [0, 0.05) is 23.0 Å². The molecule has 1 unspecified atom stereocenters. The van der Waals surface area contributed by atoms with Gasteiger partial charge in [-0.3, -0.25) is 34.6 Å². The maximum Gasteiger partial charge on any atom is 0.280 e. The third kappa shape index (κ3) is 4.94. The van der Waals surface area contributed by atoms with Crippen LogP contribution in [0.4, 0.5) is 11.6 Å². The third-order valence-electron chi connectivity index (χ3n) is 5.38. The van der Waals surface area contributed by atoms with E-state index in [-0.39, 0.29) is 35.8 Å². The average molecular weight is 584 g/mol. The van der Waals surface area contributed by atoms with Crippen LogP contribution in [0.3, 0.4) is 0 Å². The van der Waals surface area contributed by atoms with Crippen LogP contribution in [-0.4, -0.2) is 54.3 Å². The smallest absolute Gasteiger partial charge is 0.280 e. The molecule has 1 saturated heterocycles. The Hall–Kier alpha value is -2.95. The SMILES string of the molecule is CC(=O)Nc1nc2c(ncn2[C@H]2C[C@H](O)[C@@H](COC(C)c3ccc(I)cc3[N+](=O)[O-])O2)c(=O)[nH]1. The second-order valence-corrected chi connectivity index (χ2v) is 9.03. The summed E-state index contributed by atoms with van der Waals surface area (Å²) in [7, 11) is 0. The lowest BCUT2D eigenvalue weighted by atomic mass is 10.1. The molecule has 0 spiro atoms. The summed E-state index contributed by atoms with van der Waals surface area (Å²) in [6, 6.07) is 4.88.